The van der Waals surface area contributed by atoms with Gasteiger partial charge in [0.1, 0.15) is 21.7 Å². The molecule has 0 radical (unpaired) electrons. The summed E-state index contributed by atoms with van der Waals surface area (Å²) in [5.41, 5.74) is 1.78. The molecule has 1 heterocycles. The first-order valence-corrected chi connectivity index (χ1v) is 13.7. The van der Waals surface area contributed by atoms with Gasteiger partial charge in [-0.1, -0.05) is 78.9 Å². The molecule has 0 amide bonds. The SMILES string of the molecule is COc1ccc(/C([O-])=N/N=C(\C)c2ccc[n-]2)cc1.[Ni+2].c1ccc([PH+](c2ccccc2)c2ccccc2)cc1. The van der Waals surface area contributed by atoms with Gasteiger partial charge in [-0.15, -0.1) is 5.69 Å². The molecule has 5 rings (SSSR count). The molecular weight excluding hydrogens is 548 g/mol. The van der Waals surface area contributed by atoms with Gasteiger partial charge in [0.15, 0.2) is 0 Å². The zero-order chi connectivity index (χ0) is 26.6. The Bertz CT molecular complexity index is 1350. The van der Waals surface area contributed by atoms with Crippen LogP contribution in [-0.4, -0.2) is 18.7 Å². The molecule has 0 atom stereocenters. The number of hydrogen-bond acceptors (Lipinski definition) is 4. The van der Waals surface area contributed by atoms with Crippen molar-refractivity contribution < 1.29 is 26.3 Å². The smallest absolute Gasteiger partial charge is 0.857 e. The Hall–Kier alpha value is -3.98. The Balaban J connectivity index is 0.000000210. The van der Waals surface area contributed by atoms with Crippen LogP contribution in [0.15, 0.2) is 144 Å². The van der Waals surface area contributed by atoms with Crippen LogP contribution in [0.25, 0.3) is 0 Å². The summed E-state index contributed by atoms with van der Waals surface area (Å²) in [4.78, 5) is 4.07. The molecule has 0 bridgehead atoms. The van der Waals surface area contributed by atoms with Crippen LogP contribution >= 0.6 is 7.92 Å². The van der Waals surface area contributed by atoms with Crippen molar-refractivity contribution >= 4 is 35.4 Å². The van der Waals surface area contributed by atoms with Crippen molar-refractivity contribution in [3.8, 4) is 5.75 Å². The van der Waals surface area contributed by atoms with Crippen LogP contribution in [-0.2, 0) is 16.5 Å². The van der Waals surface area contributed by atoms with E-state index in [1.54, 1.807) is 50.6 Å². The van der Waals surface area contributed by atoms with Gasteiger partial charge in [0.25, 0.3) is 0 Å². The fourth-order valence-corrected chi connectivity index (χ4v) is 6.37. The first kappa shape index (κ1) is 29.6. The van der Waals surface area contributed by atoms with Crippen LogP contribution < -0.4 is 30.7 Å². The molecule has 5 nitrogen and oxygen atoms in total. The normalized spacial score (nSPS) is 11.3. The summed E-state index contributed by atoms with van der Waals surface area (Å²) >= 11 is 0. The second kappa shape index (κ2) is 15.4. The Morgan fingerprint density at radius 1 is 0.667 bits per heavy atom. The second-order valence-electron chi connectivity index (χ2n) is 8.31. The zero-order valence-electron chi connectivity index (χ0n) is 21.7. The summed E-state index contributed by atoms with van der Waals surface area (Å²) in [7, 11) is 0.694. The summed E-state index contributed by atoms with van der Waals surface area (Å²) in [6.07, 6.45) is 1.67. The van der Waals surface area contributed by atoms with E-state index in [0.29, 0.717) is 22.7 Å². The van der Waals surface area contributed by atoms with E-state index in [0.717, 1.165) is 0 Å². The molecule has 4 aromatic carbocycles. The Labute approximate surface area is 241 Å². The van der Waals surface area contributed by atoms with Crippen LogP contribution in [0, 0.1) is 0 Å². The largest absolute Gasteiger partial charge is 2.00 e. The Kier molecular flexibility index (Phi) is 11.7. The average Bonchev–Trinajstić information content (AvgIpc) is 3.54. The summed E-state index contributed by atoms with van der Waals surface area (Å²) in [6, 6.07) is 42.8. The standard InChI is InChI=1S/C18H15P.C14H14N3O2.Ni/c1-4-10-16(11-5-1)19(17-12-6-2-7-13-17)18-14-8-3-9-15-18;1-10(13-4-3-9-15-13)16-17-14(18)11-5-7-12(19-2)8-6-11;/h1-15H;3-9H,1-2H3,(H-,15,16,17,18);/q;-1;+2. The number of nitrogens with zero attached hydrogens (tertiary/aromatic N) is 3. The molecule has 1 aromatic heterocycles. The molecule has 0 aliphatic carbocycles. The zero-order valence-corrected chi connectivity index (χ0v) is 23.7. The molecule has 39 heavy (non-hydrogen) atoms. The summed E-state index contributed by atoms with van der Waals surface area (Å²) in [5.74, 6) is 0.297. The minimum absolute atomic E-state index is 0. The van der Waals surface area contributed by atoms with E-state index < -0.39 is 13.8 Å². The maximum absolute atomic E-state index is 11.8. The van der Waals surface area contributed by atoms with Crippen LogP contribution in [0.4, 0.5) is 0 Å². The van der Waals surface area contributed by atoms with E-state index in [4.69, 9.17) is 4.74 Å². The average molecular weight is 577 g/mol. The van der Waals surface area contributed by atoms with E-state index in [2.05, 4.69) is 106 Å². The van der Waals surface area contributed by atoms with E-state index in [9.17, 15) is 5.11 Å². The van der Waals surface area contributed by atoms with Gasteiger partial charge in [0, 0.05) is 11.6 Å². The van der Waals surface area contributed by atoms with Crippen molar-refractivity contribution in [1.29, 1.82) is 0 Å². The fourth-order valence-electron chi connectivity index (χ4n) is 3.79. The third-order valence-electron chi connectivity index (χ3n) is 5.74. The number of methoxy groups -OCH3 is 1. The first-order valence-electron chi connectivity index (χ1n) is 12.2. The van der Waals surface area contributed by atoms with Crippen LogP contribution in [0.2, 0.25) is 0 Å². The molecule has 198 valence electrons. The Morgan fingerprint density at radius 3 is 1.56 bits per heavy atom. The second-order valence-corrected chi connectivity index (χ2v) is 10.8. The van der Waals surface area contributed by atoms with Crippen molar-refractivity contribution in [2.24, 2.45) is 10.2 Å². The third kappa shape index (κ3) is 8.51. The molecule has 0 spiro atoms. The van der Waals surface area contributed by atoms with Gasteiger partial charge < -0.3 is 14.8 Å². The predicted octanol–water partition coefficient (Wildman–Crippen LogP) is 4.36. The summed E-state index contributed by atoms with van der Waals surface area (Å²) < 4.78 is 5.02. The third-order valence-corrected chi connectivity index (χ3v) is 8.47. The number of benzene rings is 4. The molecule has 0 fully saturated rings. The van der Waals surface area contributed by atoms with E-state index in [1.807, 2.05) is 6.07 Å². The van der Waals surface area contributed by atoms with Crippen molar-refractivity contribution in [2.75, 3.05) is 7.11 Å². The molecule has 7 heteroatoms. The molecule has 0 saturated heterocycles. The molecule has 5 aromatic rings. The number of hydrogen-bond donors (Lipinski definition) is 0. The van der Waals surface area contributed by atoms with Gasteiger partial charge in [-0.25, -0.2) is 0 Å². The van der Waals surface area contributed by atoms with E-state index in [-0.39, 0.29) is 16.5 Å². The van der Waals surface area contributed by atoms with Crippen molar-refractivity contribution in [3.05, 3.63) is 145 Å². The van der Waals surface area contributed by atoms with Crippen molar-refractivity contribution in [3.63, 3.8) is 0 Å². The molecular formula is C32H29N3NiO2P+. The van der Waals surface area contributed by atoms with Crippen LogP contribution in [0.5, 0.6) is 5.75 Å². The van der Waals surface area contributed by atoms with Crippen LogP contribution in [0.3, 0.4) is 0 Å². The number of ether oxygens (including phenoxy) is 1. The monoisotopic (exact) mass is 576 g/mol. The van der Waals surface area contributed by atoms with Crippen molar-refractivity contribution in [1.82, 2.24) is 4.98 Å². The quantitative estimate of drug-likeness (QED) is 0.0950. The molecule has 0 N–H and O–H groups in total. The molecule has 0 saturated carbocycles. The maximum atomic E-state index is 11.8. The predicted molar refractivity (Wildman–Crippen MR) is 158 cm³/mol. The number of aromatic nitrogens is 1. The maximum Gasteiger partial charge on any atom is 2.00 e. The van der Waals surface area contributed by atoms with Crippen molar-refractivity contribution in [2.45, 2.75) is 6.92 Å². The summed E-state index contributed by atoms with van der Waals surface area (Å²) in [6.45, 7) is 1.76. The van der Waals surface area contributed by atoms with Gasteiger partial charge >= 0.3 is 16.5 Å². The number of rotatable bonds is 7. The minimum Gasteiger partial charge on any atom is -0.857 e. The molecule has 0 unspecified atom stereocenters. The van der Waals surface area contributed by atoms with Gasteiger partial charge in [0.2, 0.25) is 0 Å². The minimum atomic E-state index is -0.877. The first-order chi connectivity index (χ1) is 18.7. The van der Waals surface area contributed by atoms with E-state index >= 15 is 0 Å². The molecule has 0 aliphatic heterocycles. The fraction of sp³-hybridized carbons (Fsp3) is 0.0625. The van der Waals surface area contributed by atoms with Gasteiger partial charge in [-0.05, 0) is 61.0 Å². The van der Waals surface area contributed by atoms with Gasteiger partial charge in [-0.2, -0.15) is 16.4 Å². The topological polar surface area (TPSA) is 71.1 Å². The van der Waals surface area contributed by atoms with Gasteiger partial charge in [0.05, 0.1) is 15.0 Å². The molecule has 0 aliphatic rings. The summed E-state index contributed by atoms with van der Waals surface area (Å²) in [5, 5.41) is 23.6. The Morgan fingerprint density at radius 2 is 1.15 bits per heavy atom. The van der Waals surface area contributed by atoms with Gasteiger partial charge in [-0.3, -0.25) is 0 Å². The van der Waals surface area contributed by atoms with E-state index in [1.165, 1.54) is 15.9 Å². The van der Waals surface area contributed by atoms with Crippen LogP contribution in [0.1, 0.15) is 18.2 Å².